The smallest absolute Gasteiger partial charge is 0.410 e. The maximum atomic E-state index is 12.8. The van der Waals surface area contributed by atoms with E-state index in [2.05, 4.69) is 40.0 Å². The summed E-state index contributed by atoms with van der Waals surface area (Å²) in [5.41, 5.74) is 2.70. The van der Waals surface area contributed by atoms with Gasteiger partial charge in [-0.3, -0.25) is 4.57 Å². The van der Waals surface area contributed by atoms with Gasteiger partial charge in [-0.15, -0.1) is 0 Å². The lowest BCUT2D eigenvalue weighted by molar-refractivity contribution is 0.0213. The Morgan fingerprint density at radius 3 is 2.63 bits per heavy atom. The Bertz CT molecular complexity index is 1500. The highest BCUT2D eigenvalue weighted by Crippen LogP contribution is 2.38. The minimum Gasteiger partial charge on any atom is -0.444 e. The predicted octanol–water partition coefficient (Wildman–Crippen LogP) is 5.19. The van der Waals surface area contributed by atoms with E-state index in [0.29, 0.717) is 36.7 Å². The number of nitrogens with zero attached hydrogens (tertiary/aromatic N) is 7. The molecule has 0 aliphatic carbocycles. The number of pyridine rings is 1. The number of anilines is 1. The molecule has 0 saturated carbocycles. The molecule has 1 atom stereocenters. The van der Waals surface area contributed by atoms with Gasteiger partial charge < -0.3 is 14.5 Å². The van der Waals surface area contributed by atoms with Gasteiger partial charge in [-0.2, -0.15) is 5.26 Å². The molecule has 4 aromatic rings. The number of rotatable bonds is 4. The number of benzene rings is 1. The van der Waals surface area contributed by atoms with Crippen molar-refractivity contribution >= 4 is 22.9 Å². The van der Waals surface area contributed by atoms with Crippen molar-refractivity contribution < 1.29 is 9.53 Å². The molecular weight excluding hydrogens is 478 g/mol. The fourth-order valence-electron chi connectivity index (χ4n) is 4.87. The van der Waals surface area contributed by atoms with E-state index in [0.717, 1.165) is 28.8 Å². The van der Waals surface area contributed by atoms with Gasteiger partial charge in [0.15, 0.2) is 5.65 Å². The van der Waals surface area contributed by atoms with E-state index >= 15 is 0 Å². The molecule has 0 radical (unpaired) electrons. The zero-order chi connectivity index (χ0) is 26.9. The van der Waals surface area contributed by atoms with Gasteiger partial charge in [-0.05, 0) is 44.9 Å². The van der Waals surface area contributed by atoms with Crippen LogP contribution >= 0.6 is 0 Å². The van der Waals surface area contributed by atoms with Crippen LogP contribution < -0.4 is 4.90 Å². The molecule has 1 amide bonds. The minimum atomic E-state index is -0.543. The summed E-state index contributed by atoms with van der Waals surface area (Å²) in [4.78, 5) is 30.8. The first-order valence-corrected chi connectivity index (χ1v) is 12.8. The number of nitriles is 1. The molecule has 0 N–H and O–H groups in total. The topological polar surface area (TPSA) is 100 Å². The highest BCUT2D eigenvalue weighted by Gasteiger charge is 2.33. The summed E-state index contributed by atoms with van der Waals surface area (Å²) < 4.78 is 7.56. The lowest BCUT2D eigenvalue weighted by Gasteiger charge is -2.42. The Kier molecular flexibility index (Phi) is 6.72. The van der Waals surface area contributed by atoms with Gasteiger partial charge in [0.25, 0.3) is 0 Å². The van der Waals surface area contributed by atoms with Crippen LogP contribution in [-0.2, 0) is 4.74 Å². The molecule has 194 valence electrons. The van der Waals surface area contributed by atoms with Crippen LogP contribution in [0.15, 0.2) is 61.2 Å². The molecule has 38 heavy (non-hydrogen) atoms. The molecule has 1 saturated heterocycles. The number of carbonyl (C=O) groups excluding carboxylic acids is 1. The molecule has 0 spiro atoms. The van der Waals surface area contributed by atoms with E-state index in [4.69, 9.17) is 9.72 Å². The summed E-state index contributed by atoms with van der Waals surface area (Å²) in [5, 5.41) is 10.4. The van der Waals surface area contributed by atoms with E-state index in [-0.39, 0.29) is 12.1 Å². The molecular formula is C29H31N7O2. The summed E-state index contributed by atoms with van der Waals surface area (Å²) in [6.45, 7) is 9.46. The zero-order valence-electron chi connectivity index (χ0n) is 22.1. The highest BCUT2D eigenvalue weighted by molar-refractivity contribution is 6.02. The van der Waals surface area contributed by atoms with Crippen LogP contribution in [-0.4, -0.2) is 61.8 Å². The summed E-state index contributed by atoms with van der Waals surface area (Å²) in [6.07, 6.45) is 5.76. The SMILES string of the molecule is CC[C@H]1CN(C(=O)OC(C)(C)C)CCN1c1ncnc2c1c(-c1ccccc1)cn2-c1cc(C#N)ccn1. The van der Waals surface area contributed by atoms with Gasteiger partial charge in [0.2, 0.25) is 0 Å². The quantitative estimate of drug-likeness (QED) is 0.373. The molecule has 3 aromatic heterocycles. The minimum absolute atomic E-state index is 0.0568. The Hall–Kier alpha value is -4.45. The number of ether oxygens (including phenoxy) is 1. The number of carbonyl (C=O) groups is 1. The predicted molar refractivity (Wildman–Crippen MR) is 146 cm³/mol. The zero-order valence-corrected chi connectivity index (χ0v) is 22.1. The maximum Gasteiger partial charge on any atom is 0.410 e. The van der Waals surface area contributed by atoms with Crippen molar-refractivity contribution in [3.05, 3.63) is 66.7 Å². The van der Waals surface area contributed by atoms with Gasteiger partial charge in [0.1, 0.15) is 23.6 Å². The molecule has 9 nitrogen and oxygen atoms in total. The first-order valence-electron chi connectivity index (χ1n) is 12.8. The lowest BCUT2D eigenvalue weighted by Crippen LogP contribution is -2.55. The molecule has 0 bridgehead atoms. The molecule has 1 fully saturated rings. The normalized spacial score (nSPS) is 15.9. The van der Waals surface area contributed by atoms with E-state index in [9.17, 15) is 10.1 Å². The number of amides is 1. The van der Waals surface area contributed by atoms with Gasteiger partial charge >= 0.3 is 6.09 Å². The van der Waals surface area contributed by atoms with Gasteiger partial charge in [0, 0.05) is 43.6 Å². The molecule has 9 heteroatoms. The Morgan fingerprint density at radius 2 is 1.92 bits per heavy atom. The van der Waals surface area contributed by atoms with E-state index in [1.807, 2.05) is 49.7 Å². The number of piperazine rings is 1. The summed E-state index contributed by atoms with van der Waals surface area (Å²) in [7, 11) is 0. The average molecular weight is 510 g/mol. The number of fused-ring (bicyclic) bond motifs is 1. The van der Waals surface area contributed by atoms with Crippen LogP contribution in [0.4, 0.5) is 10.6 Å². The Balaban J connectivity index is 1.61. The van der Waals surface area contributed by atoms with Crippen molar-refractivity contribution in [2.24, 2.45) is 0 Å². The standard InChI is InChI=1S/C29H31N7O2/c1-5-22-17-34(28(37)38-29(2,3)4)13-14-35(22)26-25-23(21-9-7-6-8-10-21)18-36(27(25)33-19-32-26)24-15-20(16-30)11-12-31-24/h6-12,15,18-19,22H,5,13-14,17H2,1-4H3/t22-/m0/s1. The van der Waals surface area contributed by atoms with Crippen LogP contribution in [0.25, 0.3) is 28.0 Å². The number of aromatic nitrogens is 4. The fraction of sp³-hybridized carbons (Fsp3) is 0.345. The van der Waals surface area contributed by atoms with E-state index < -0.39 is 5.60 Å². The second-order valence-electron chi connectivity index (χ2n) is 10.4. The van der Waals surface area contributed by atoms with Crippen molar-refractivity contribution in [2.45, 2.75) is 45.8 Å². The second-order valence-corrected chi connectivity index (χ2v) is 10.4. The van der Waals surface area contributed by atoms with Crippen molar-refractivity contribution in [1.82, 2.24) is 24.4 Å². The van der Waals surface area contributed by atoms with E-state index in [1.54, 1.807) is 29.6 Å². The van der Waals surface area contributed by atoms with Crippen LogP contribution in [0.1, 0.15) is 39.7 Å². The summed E-state index contributed by atoms with van der Waals surface area (Å²) >= 11 is 0. The molecule has 1 aliphatic heterocycles. The van der Waals surface area contributed by atoms with Crippen molar-refractivity contribution in [3.63, 3.8) is 0 Å². The fourth-order valence-corrected chi connectivity index (χ4v) is 4.87. The molecule has 1 aliphatic rings. The van der Waals surface area contributed by atoms with Crippen LogP contribution in [0.3, 0.4) is 0 Å². The Labute approximate surface area is 222 Å². The molecule has 1 aromatic carbocycles. The third kappa shape index (κ3) is 4.90. The first-order chi connectivity index (χ1) is 18.3. The van der Waals surface area contributed by atoms with Crippen molar-refractivity contribution in [1.29, 1.82) is 5.26 Å². The second kappa shape index (κ2) is 10.1. The lowest BCUT2D eigenvalue weighted by atomic mass is 10.0. The van der Waals surface area contributed by atoms with Crippen LogP contribution in [0.2, 0.25) is 0 Å². The van der Waals surface area contributed by atoms with Crippen molar-refractivity contribution in [3.8, 4) is 23.0 Å². The Morgan fingerprint density at radius 1 is 1.13 bits per heavy atom. The summed E-state index contributed by atoms with van der Waals surface area (Å²) in [6, 6.07) is 15.8. The highest BCUT2D eigenvalue weighted by atomic mass is 16.6. The van der Waals surface area contributed by atoms with Crippen molar-refractivity contribution in [2.75, 3.05) is 24.5 Å². The first kappa shape index (κ1) is 25.2. The largest absolute Gasteiger partial charge is 0.444 e. The van der Waals surface area contributed by atoms with Gasteiger partial charge in [-0.25, -0.2) is 19.7 Å². The van der Waals surface area contributed by atoms with Gasteiger partial charge in [-0.1, -0.05) is 37.3 Å². The number of hydrogen-bond acceptors (Lipinski definition) is 7. The summed E-state index contributed by atoms with van der Waals surface area (Å²) in [5.74, 6) is 1.43. The molecule has 4 heterocycles. The van der Waals surface area contributed by atoms with Gasteiger partial charge in [0.05, 0.1) is 17.0 Å². The third-order valence-electron chi connectivity index (χ3n) is 6.65. The van der Waals surface area contributed by atoms with Crippen LogP contribution in [0, 0.1) is 11.3 Å². The number of hydrogen-bond donors (Lipinski definition) is 0. The molecule has 0 unspecified atom stereocenters. The molecule has 5 rings (SSSR count). The third-order valence-corrected chi connectivity index (χ3v) is 6.65. The monoisotopic (exact) mass is 509 g/mol. The van der Waals surface area contributed by atoms with E-state index in [1.165, 1.54) is 0 Å². The maximum absolute atomic E-state index is 12.8. The van der Waals surface area contributed by atoms with Crippen LogP contribution in [0.5, 0.6) is 0 Å². The average Bonchev–Trinajstić information content (AvgIpc) is 3.32.